The minimum absolute atomic E-state index is 0.0724. The van der Waals surface area contributed by atoms with Crippen LogP contribution >= 0.6 is 11.5 Å². The zero-order chi connectivity index (χ0) is 13.8. The summed E-state index contributed by atoms with van der Waals surface area (Å²) in [6, 6.07) is 5.93. The third-order valence-corrected chi connectivity index (χ3v) is 3.00. The quantitative estimate of drug-likeness (QED) is 0.934. The third-order valence-electron chi connectivity index (χ3n) is 2.37. The van der Waals surface area contributed by atoms with Crippen LogP contribution in [-0.4, -0.2) is 15.3 Å². The van der Waals surface area contributed by atoms with Gasteiger partial charge in [0.15, 0.2) is 5.82 Å². The van der Waals surface area contributed by atoms with Crippen molar-refractivity contribution in [3.8, 4) is 11.4 Å². The van der Waals surface area contributed by atoms with E-state index in [-0.39, 0.29) is 11.7 Å². The van der Waals surface area contributed by atoms with Gasteiger partial charge in [0.05, 0.1) is 0 Å². The minimum Gasteiger partial charge on any atom is -0.301 e. The third kappa shape index (κ3) is 3.82. The number of amides is 1. The van der Waals surface area contributed by atoms with E-state index in [0.717, 1.165) is 17.1 Å². The molecule has 19 heavy (non-hydrogen) atoms. The van der Waals surface area contributed by atoms with Gasteiger partial charge >= 0.3 is 0 Å². The van der Waals surface area contributed by atoms with Gasteiger partial charge in [0.25, 0.3) is 0 Å². The number of halogens is 1. The number of nitrogens with zero attached hydrogens (tertiary/aromatic N) is 2. The fourth-order valence-corrected chi connectivity index (χ4v) is 2.14. The zero-order valence-electron chi connectivity index (χ0n) is 10.7. The lowest BCUT2D eigenvalue weighted by Gasteiger charge is -2.02. The normalized spacial score (nSPS) is 10.7. The van der Waals surface area contributed by atoms with Crippen molar-refractivity contribution in [2.24, 2.45) is 5.92 Å². The molecule has 0 radical (unpaired) electrons. The molecule has 2 rings (SSSR count). The number of hydrogen-bond donors (Lipinski definition) is 1. The Morgan fingerprint density at radius 1 is 1.37 bits per heavy atom. The number of anilines is 1. The second-order valence-corrected chi connectivity index (χ2v) is 5.33. The summed E-state index contributed by atoms with van der Waals surface area (Å²) in [5.74, 6) is 0.413. The fourth-order valence-electron chi connectivity index (χ4n) is 1.53. The van der Waals surface area contributed by atoms with Crippen LogP contribution in [0.25, 0.3) is 11.4 Å². The van der Waals surface area contributed by atoms with Crippen LogP contribution < -0.4 is 5.32 Å². The largest absolute Gasteiger partial charge is 0.301 e. The molecule has 0 spiro atoms. The molecule has 0 aliphatic carbocycles. The number of rotatable bonds is 4. The second-order valence-electron chi connectivity index (χ2n) is 4.58. The van der Waals surface area contributed by atoms with Crippen molar-refractivity contribution in [1.82, 2.24) is 9.36 Å². The number of aromatic nitrogens is 2. The molecule has 1 aromatic heterocycles. The van der Waals surface area contributed by atoms with Crippen LogP contribution in [0.2, 0.25) is 0 Å². The Labute approximate surface area is 114 Å². The smallest absolute Gasteiger partial charge is 0.226 e. The van der Waals surface area contributed by atoms with E-state index in [0.29, 0.717) is 23.3 Å². The van der Waals surface area contributed by atoms with E-state index in [1.165, 1.54) is 12.1 Å². The molecule has 1 N–H and O–H groups in total. The van der Waals surface area contributed by atoms with E-state index in [2.05, 4.69) is 14.7 Å². The van der Waals surface area contributed by atoms with Crippen molar-refractivity contribution in [3.63, 3.8) is 0 Å². The molecule has 1 heterocycles. The van der Waals surface area contributed by atoms with E-state index in [1.54, 1.807) is 12.1 Å². The summed E-state index contributed by atoms with van der Waals surface area (Å²) >= 11 is 1.12. The van der Waals surface area contributed by atoms with E-state index in [9.17, 15) is 9.18 Å². The van der Waals surface area contributed by atoms with Crippen LogP contribution in [0, 0.1) is 11.7 Å². The van der Waals surface area contributed by atoms with Crippen LogP contribution in [0.3, 0.4) is 0 Å². The predicted octanol–water partition coefficient (Wildman–Crippen LogP) is 3.33. The van der Waals surface area contributed by atoms with Crippen molar-refractivity contribution in [2.75, 3.05) is 5.32 Å². The molecule has 0 bridgehead atoms. The van der Waals surface area contributed by atoms with Crippen molar-refractivity contribution in [3.05, 3.63) is 30.1 Å². The monoisotopic (exact) mass is 279 g/mol. The van der Waals surface area contributed by atoms with Crippen LogP contribution in [0.5, 0.6) is 0 Å². The van der Waals surface area contributed by atoms with Crippen LogP contribution in [-0.2, 0) is 4.79 Å². The maximum absolute atomic E-state index is 12.8. The van der Waals surface area contributed by atoms with E-state index >= 15 is 0 Å². The summed E-state index contributed by atoms with van der Waals surface area (Å²) in [7, 11) is 0. The van der Waals surface area contributed by atoms with Crippen molar-refractivity contribution in [1.29, 1.82) is 0 Å². The molecule has 0 aliphatic rings. The van der Waals surface area contributed by atoms with Crippen LogP contribution in [0.1, 0.15) is 20.3 Å². The Hall–Kier alpha value is -1.82. The molecule has 100 valence electrons. The first-order chi connectivity index (χ1) is 9.04. The molecule has 0 fully saturated rings. The highest BCUT2D eigenvalue weighted by Crippen LogP contribution is 2.21. The molecule has 0 aliphatic heterocycles. The van der Waals surface area contributed by atoms with Crippen LogP contribution in [0.4, 0.5) is 9.52 Å². The summed E-state index contributed by atoms with van der Waals surface area (Å²) in [6.07, 6.45) is 0.450. The highest BCUT2D eigenvalue weighted by Gasteiger charge is 2.10. The molecule has 0 atom stereocenters. The number of benzene rings is 1. The number of nitrogens with one attached hydrogen (secondary N) is 1. The van der Waals surface area contributed by atoms with Gasteiger partial charge in [-0.3, -0.25) is 4.79 Å². The van der Waals surface area contributed by atoms with Gasteiger partial charge in [-0.2, -0.15) is 9.36 Å². The molecule has 1 aromatic carbocycles. The maximum Gasteiger partial charge on any atom is 0.226 e. The highest BCUT2D eigenvalue weighted by molar-refractivity contribution is 7.10. The SMILES string of the molecule is CC(C)CC(=O)Nc1nc(-c2ccc(F)cc2)ns1. The molecular formula is C13H14FN3OS. The second kappa shape index (κ2) is 5.88. The topological polar surface area (TPSA) is 54.9 Å². The molecule has 0 unspecified atom stereocenters. The van der Waals surface area contributed by atoms with Gasteiger partial charge < -0.3 is 5.32 Å². The van der Waals surface area contributed by atoms with Crippen molar-refractivity contribution in [2.45, 2.75) is 20.3 Å². The Bertz CT molecular complexity index is 566. The summed E-state index contributed by atoms with van der Waals surface area (Å²) in [5.41, 5.74) is 0.724. The first-order valence-corrected chi connectivity index (χ1v) is 6.71. The minimum atomic E-state index is -0.301. The van der Waals surface area contributed by atoms with Crippen molar-refractivity contribution >= 4 is 22.6 Å². The Morgan fingerprint density at radius 2 is 2.05 bits per heavy atom. The molecular weight excluding hydrogens is 265 g/mol. The van der Waals surface area contributed by atoms with Crippen LogP contribution in [0.15, 0.2) is 24.3 Å². The predicted molar refractivity (Wildman–Crippen MR) is 73.4 cm³/mol. The van der Waals surface area contributed by atoms with Gasteiger partial charge in [-0.15, -0.1) is 0 Å². The molecule has 0 saturated carbocycles. The Kier molecular flexibility index (Phi) is 4.21. The van der Waals surface area contributed by atoms with E-state index in [1.807, 2.05) is 13.8 Å². The summed E-state index contributed by atoms with van der Waals surface area (Å²) < 4.78 is 16.9. The Morgan fingerprint density at radius 3 is 2.68 bits per heavy atom. The van der Waals surface area contributed by atoms with E-state index in [4.69, 9.17) is 0 Å². The molecule has 6 heteroatoms. The van der Waals surface area contributed by atoms with Gasteiger partial charge in [-0.05, 0) is 30.2 Å². The summed E-state index contributed by atoms with van der Waals surface area (Å²) in [6.45, 7) is 3.95. The molecule has 1 amide bonds. The lowest BCUT2D eigenvalue weighted by atomic mass is 10.1. The molecule has 4 nitrogen and oxygen atoms in total. The first-order valence-electron chi connectivity index (χ1n) is 5.94. The van der Waals surface area contributed by atoms with Gasteiger partial charge in [-0.1, -0.05) is 13.8 Å². The van der Waals surface area contributed by atoms with Gasteiger partial charge in [0.2, 0.25) is 11.0 Å². The van der Waals surface area contributed by atoms with Gasteiger partial charge in [-0.25, -0.2) is 4.39 Å². The standard InChI is InChI=1S/C13H14FN3OS/c1-8(2)7-11(18)15-13-16-12(17-19-13)9-3-5-10(14)6-4-9/h3-6,8H,7H2,1-2H3,(H,15,16,17,18). The average Bonchev–Trinajstić information content (AvgIpc) is 2.77. The van der Waals surface area contributed by atoms with E-state index < -0.39 is 0 Å². The van der Waals surface area contributed by atoms with Gasteiger partial charge in [0.1, 0.15) is 5.82 Å². The average molecular weight is 279 g/mol. The van der Waals surface area contributed by atoms with Crippen molar-refractivity contribution < 1.29 is 9.18 Å². The first kappa shape index (κ1) is 13.6. The summed E-state index contributed by atoms with van der Waals surface area (Å²) in [4.78, 5) is 15.8. The number of carbonyl (C=O) groups is 1. The highest BCUT2D eigenvalue weighted by atomic mass is 32.1. The molecule has 0 saturated heterocycles. The lowest BCUT2D eigenvalue weighted by Crippen LogP contribution is -2.13. The van der Waals surface area contributed by atoms with Gasteiger partial charge in [0, 0.05) is 23.5 Å². The maximum atomic E-state index is 12.8. The molecule has 2 aromatic rings. The fraction of sp³-hybridized carbons (Fsp3) is 0.308. The Balaban J connectivity index is 2.07. The number of carbonyl (C=O) groups excluding carboxylic acids is 1. The zero-order valence-corrected chi connectivity index (χ0v) is 11.5. The lowest BCUT2D eigenvalue weighted by molar-refractivity contribution is -0.116. The summed E-state index contributed by atoms with van der Waals surface area (Å²) in [5, 5.41) is 3.17. The number of hydrogen-bond acceptors (Lipinski definition) is 4.